The Kier molecular flexibility index (Phi) is 7.77. The minimum atomic E-state index is -0.455. The zero-order valence-electron chi connectivity index (χ0n) is 17.4. The van der Waals surface area contributed by atoms with Crippen LogP contribution in [0.25, 0.3) is 5.57 Å². The number of methoxy groups -OCH3 is 4. The molecule has 0 heterocycles. The van der Waals surface area contributed by atoms with E-state index in [4.69, 9.17) is 28.4 Å². The molecule has 0 saturated heterocycles. The molecule has 0 aliphatic rings. The number of carbonyl (C=O) groups is 1. The van der Waals surface area contributed by atoms with E-state index in [1.165, 1.54) is 7.11 Å². The summed E-state index contributed by atoms with van der Waals surface area (Å²) in [6, 6.07) is 8.98. The van der Waals surface area contributed by atoms with Crippen molar-refractivity contribution in [3.8, 4) is 28.7 Å². The van der Waals surface area contributed by atoms with Crippen LogP contribution in [-0.4, -0.2) is 47.6 Å². The van der Waals surface area contributed by atoms with E-state index in [9.17, 15) is 4.79 Å². The van der Waals surface area contributed by atoms with Crippen molar-refractivity contribution >= 4 is 11.5 Å². The molecule has 7 heteroatoms. The van der Waals surface area contributed by atoms with Crippen LogP contribution < -0.4 is 23.7 Å². The predicted octanol–water partition coefficient (Wildman–Crippen LogP) is 3.72. The van der Waals surface area contributed by atoms with Crippen LogP contribution in [0.15, 0.2) is 36.9 Å². The number of esters is 1. The van der Waals surface area contributed by atoms with Crippen LogP contribution in [-0.2, 0) is 9.53 Å². The summed E-state index contributed by atoms with van der Waals surface area (Å²) < 4.78 is 32.0. The second-order valence-corrected chi connectivity index (χ2v) is 5.85. The molecule has 0 saturated carbocycles. The van der Waals surface area contributed by atoms with Gasteiger partial charge in [0.15, 0.2) is 29.6 Å². The Bertz CT molecular complexity index is 848. The summed E-state index contributed by atoms with van der Waals surface area (Å²) in [4.78, 5) is 11.6. The summed E-state index contributed by atoms with van der Waals surface area (Å²) in [5, 5.41) is 0. The molecular weight excluding hydrogens is 376 g/mol. The first-order chi connectivity index (χ1) is 14.0. The summed E-state index contributed by atoms with van der Waals surface area (Å²) in [5.41, 5.74) is 2.26. The van der Waals surface area contributed by atoms with Gasteiger partial charge in [0.2, 0.25) is 5.75 Å². The fourth-order valence-corrected chi connectivity index (χ4v) is 2.74. The molecule has 2 aromatic rings. The highest BCUT2D eigenvalue weighted by atomic mass is 16.6. The number of carbonyl (C=O) groups excluding carboxylic acids is 1. The summed E-state index contributed by atoms with van der Waals surface area (Å²) >= 11 is 0. The Morgan fingerprint density at radius 2 is 1.41 bits per heavy atom. The average Bonchev–Trinajstić information content (AvgIpc) is 2.75. The van der Waals surface area contributed by atoms with Gasteiger partial charge in [-0.2, -0.15) is 0 Å². The van der Waals surface area contributed by atoms with E-state index in [0.717, 1.165) is 11.1 Å². The number of hydrogen-bond acceptors (Lipinski definition) is 7. The van der Waals surface area contributed by atoms with Crippen LogP contribution in [0.3, 0.4) is 0 Å². The molecule has 156 valence electrons. The van der Waals surface area contributed by atoms with Crippen molar-refractivity contribution in [1.82, 2.24) is 0 Å². The minimum Gasteiger partial charge on any atom is -0.493 e. The highest BCUT2D eigenvalue weighted by Gasteiger charge is 2.17. The van der Waals surface area contributed by atoms with E-state index in [1.807, 2.05) is 18.2 Å². The molecule has 0 amide bonds. The maximum atomic E-state index is 11.6. The largest absolute Gasteiger partial charge is 0.493 e. The molecule has 0 spiro atoms. The molecule has 0 aliphatic carbocycles. The highest BCUT2D eigenvalue weighted by molar-refractivity contribution is 5.81. The third kappa shape index (κ3) is 5.13. The van der Waals surface area contributed by atoms with Crippen molar-refractivity contribution in [1.29, 1.82) is 0 Å². The van der Waals surface area contributed by atoms with E-state index in [1.54, 1.807) is 40.4 Å². The van der Waals surface area contributed by atoms with Crippen molar-refractivity contribution in [3.63, 3.8) is 0 Å². The maximum absolute atomic E-state index is 11.6. The SMILES string of the molecule is C=C(c1ccc(OC)c(OCC(=O)OCC)c1)c1cc(OC)c(OC)c(OC)c1. The van der Waals surface area contributed by atoms with Gasteiger partial charge in [0, 0.05) is 0 Å². The van der Waals surface area contributed by atoms with Gasteiger partial charge in [-0.25, -0.2) is 4.79 Å². The lowest BCUT2D eigenvalue weighted by molar-refractivity contribution is -0.145. The maximum Gasteiger partial charge on any atom is 0.344 e. The highest BCUT2D eigenvalue weighted by Crippen LogP contribution is 2.41. The predicted molar refractivity (Wildman–Crippen MR) is 109 cm³/mol. The Balaban J connectivity index is 2.38. The van der Waals surface area contributed by atoms with Crippen LogP contribution in [0.4, 0.5) is 0 Å². The van der Waals surface area contributed by atoms with Gasteiger partial charge in [-0.05, 0) is 47.9 Å². The minimum absolute atomic E-state index is 0.218. The quantitative estimate of drug-likeness (QED) is 0.561. The van der Waals surface area contributed by atoms with E-state index in [-0.39, 0.29) is 13.2 Å². The first kappa shape index (κ1) is 21.9. The molecule has 2 rings (SSSR count). The van der Waals surface area contributed by atoms with Gasteiger partial charge in [-0.3, -0.25) is 0 Å². The first-order valence-corrected chi connectivity index (χ1v) is 8.95. The van der Waals surface area contributed by atoms with Crippen LogP contribution in [0, 0.1) is 0 Å². The van der Waals surface area contributed by atoms with Crippen molar-refractivity contribution < 1.29 is 33.2 Å². The van der Waals surface area contributed by atoms with Crippen molar-refractivity contribution in [2.75, 3.05) is 41.7 Å². The lowest BCUT2D eigenvalue weighted by Crippen LogP contribution is -2.15. The number of ether oxygens (including phenoxy) is 6. The van der Waals surface area contributed by atoms with E-state index in [2.05, 4.69) is 6.58 Å². The van der Waals surface area contributed by atoms with Gasteiger partial charge in [0.25, 0.3) is 0 Å². The molecule has 0 N–H and O–H groups in total. The number of benzene rings is 2. The van der Waals surface area contributed by atoms with Gasteiger partial charge >= 0.3 is 5.97 Å². The third-order valence-corrected chi connectivity index (χ3v) is 4.18. The molecule has 0 aliphatic heterocycles. The van der Waals surface area contributed by atoms with Gasteiger partial charge in [0.05, 0.1) is 35.0 Å². The lowest BCUT2D eigenvalue weighted by Gasteiger charge is -2.16. The van der Waals surface area contributed by atoms with Gasteiger partial charge in [-0.15, -0.1) is 0 Å². The van der Waals surface area contributed by atoms with Crippen LogP contribution in [0.5, 0.6) is 28.7 Å². The summed E-state index contributed by atoms with van der Waals surface area (Å²) in [6.07, 6.45) is 0. The Morgan fingerprint density at radius 1 is 0.828 bits per heavy atom. The van der Waals surface area contributed by atoms with Crippen molar-refractivity contribution in [2.45, 2.75) is 6.92 Å². The fraction of sp³-hybridized carbons (Fsp3) is 0.318. The smallest absolute Gasteiger partial charge is 0.344 e. The van der Waals surface area contributed by atoms with Gasteiger partial charge in [-0.1, -0.05) is 12.6 Å². The molecule has 7 nitrogen and oxygen atoms in total. The third-order valence-electron chi connectivity index (χ3n) is 4.18. The zero-order chi connectivity index (χ0) is 21.4. The lowest BCUT2D eigenvalue weighted by atomic mass is 9.98. The van der Waals surface area contributed by atoms with Gasteiger partial charge < -0.3 is 28.4 Å². The summed E-state index contributed by atoms with van der Waals surface area (Å²) in [5.74, 6) is 2.00. The molecule has 29 heavy (non-hydrogen) atoms. The molecule has 0 aromatic heterocycles. The fourth-order valence-electron chi connectivity index (χ4n) is 2.74. The molecular formula is C22H26O7. The second-order valence-electron chi connectivity index (χ2n) is 5.85. The van der Waals surface area contributed by atoms with E-state index < -0.39 is 5.97 Å². The molecule has 0 unspecified atom stereocenters. The Morgan fingerprint density at radius 3 is 1.93 bits per heavy atom. The van der Waals surface area contributed by atoms with Gasteiger partial charge in [0.1, 0.15) is 0 Å². The molecule has 0 fully saturated rings. The zero-order valence-corrected chi connectivity index (χ0v) is 17.4. The number of hydrogen-bond donors (Lipinski definition) is 0. The summed E-state index contributed by atoms with van der Waals surface area (Å²) in [7, 11) is 6.18. The summed E-state index contributed by atoms with van der Waals surface area (Å²) in [6.45, 7) is 5.99. The average molecular weight is 402 g/mol. The first-order valence-electron chi connectivity index (χ1n) is 8.95. The second kappa shape index (κ2) is 10.3. The van der Waals surface area contributed by atoms with Crippen LogP contribution in [0.1, 0.15) is 18.1 Å². The molecule has 0 bridgehead atoms. The van der Waals surface area contributed by atoms with E-state index >= 15 is 0 Å². The van der Waals surface area contributed by atoms with E-state index in [0.29, 0.717) is 34.3 Å². The topological polar surface area (TPSA) is 72.5 Å². The number of rotatable bonds is 10. The normalized spacial score (nSPS) is 10.1. The van der Waals surface area contributed by atoms with Crippen molar-refractivity contribution in [2.24, 2.45) is 0 Å². The van der Waals surface area contributed by atoms with Crippen LogP contribution >= 0.6 is 0 Å². The monoisotopic (exact) mass is 402 g/mol. The standard InChI is InChI=1S/C22H26O7/c1-7-28-21(23)13-29-18-10-15(8-9-17(18)24-3)14(2)16-11-19(25-4)22(27-6)20(12-16)26-5/h8-12H,2,7,13H2,1,3-6H3. The van der Waals surface area contributed by atoms with Crippen LogP contribution in [0.2, 0.25) is 0 Å². The van der Waals surface area contributed by atoms with Crippen molar-refractivity contribution in [3.05, 3.63) is 48.0 Å². The molecule has 0 atom stereocenters. The Hall–Kier alpha value is -3.35. The molecule has 2 aromatic carbocycles. The molecule has 0 radical (unpaired) electrons. The Labute approximate surface area is 170 Å².